The third kappa shape index (κ3) is 0.491. The van der Waals surface area contributed by atoms with Gasteiger partial charge in [0, 0.05) is 0 Å². The Labute approximate surface area is 53.8 Å². The molecule has 2 rings (SSSR count). The van der Waals surface area contributed by atoms with Crippen LogP contribution in [0.5, 0.6) is 0 Å². The van der Waals surface area contributed by atoms with Crippen LogP contribution in [0.15, 0.2) is 0 Å². The first-order valence-electron chi connectivity index (χ1n) is 3.29. The molecule has 0 aromatic heterocycles. The summed E-state index contributed by atoms with van der Waals surface area (Å²) < 4.78 is 0. The summed E-state index contributed by atoms with van der Waals surface area (Å²) in [7, 11) is 0. The Balaban J connectivity index is 2.20. The minimum atomic E-state index is 0.000000000000000222. The van der Waals surface area contributed by atoms with Gasteiger partial charge in [0.1, 0.15) is 0 Å². The minimum Gasteiger partial charge on any atom is -0.333 e. The van der Waals surface area contributed by atoms with Crippen LogP contribution in [0.2, 0.25) is 0 Å². The maximum Gasteiger partial charge on any atom is 0.315 e. The quantitative estimate of drug-likeness (QED) is 0.479. The van der Waals surface area contributed by atoms with Crippen LogP contribution < -0.4 is 10.6 Å². The number of hydrogen-bond acceptors (Lipinski definition) is 1. The number of fused-ring (bicyclic) bond motifs is 1. The molecule has 1 heterocycles. The van der Waals surface area contributed by atoms with E-state index >= 15 is 0 Å². The van der Waals surface area contributed by atoms with E-state index in [0.717, 1.165) is 12.8 Å². The van der Waals surface area contributed by atoms with Crippen molar-refractivity contribution in [1.29, 1.82) is 0 Å². The second-order valence-corrected chi connectivity index (χ2v) is 3.11. The summed E-state index contributed by atoms with van der Waals surface area (Å²) >= 11 is 0. The van der Waals surface area contributed by atoms with Gasteiger partial charge in [-0.2, -0.15) is 0 Å². The maximum atomic E-state index is 10.7. The molecular weight excluding hydrogens is 116 g/mol. The van der Waals surface area contributed by atoms with Gasteiger partial charge in [0.15, 0.2) is 0 Å². The van der Waals surface area contributed by atoms with Gasteiger partial charge in [0.25, 0.3) is 0 Å². The summed E-state index contributed by atoms with van der Waals surface area (Å²) in [6, 6.07) is 0.407. The Bertz CT molecular complexity index is 168. The monoisotopic (exact) mass is 126 g/mol. The predicted octanol–water partition coefficient (Wildman–Crippen LogP) is 0.220. The van der Waals surface area contributed by atoms with E-state index in [1.165, 1.54) is 0 Å². The average Bonchev–Trinajstić information content (AvgIpc) is 1.94. The van der Waals surface area contributed by atoms with E-state index in [1.54, 1.807) is 0 Å². The van der Waals surface area contributed by atoms with E-state index < -0.39 is 0 Å². The molecule has 2 aliphatic rings. The van der Waals surface area contributed by atoms with Crippen molar-refractivity contribution in [1.82, 2.24) is 10.6 Å². The lowest BCUT2D eigenvalue weighted by molar-refractivity contribution is 0.210. The number of carbonyl (C=O) groups is 1. The first-order valence-corrected chi connectivity index (χ1v) is 3.29. The van der Waals surface area contributed by atoms with Crippen LogP contribution in [0.25, 0.3) is 0 Å². The van der Waals surface area contributed by atoms with Crippen molar-refractivity contribution >= 4 is 6.03 Å². The number of amides is 2. The van der Waals surface area contributed by atoms with E-state index in [9.17, 15) is 4.79 Å². The van der Waals surface area contributed by atoms with E-state index in [0.29, 0.717) is 6.04 Å². The SMILES string of the molecule is CC12CCC1NC(=O)N2. The first-order chi connectivity index (χ1) is 4.21. The molecule has 0 radical (unpaired) electrons. The van der Waals surface area contributed by atoms with E-state index in [-0.39, 0.29) is 11.6 Å². The Hall–Kier alpha value is -0.730. The molecular formula is C6H10N2O. The normalized spacial score (nSPS) is 46.8. The molecule has 2 N–H and O–H groups in total. The lowest BCUT2D eigenvalue weighted by Crippen LogP contribution is -2.55. The zero-order chi connectivity index (χ0) is 6.48. The number of nitrogens with one attached hydrogen (secondary N) is 2. The smallest absolute Gasteiger partial charge is 0.315 e. The highest BCUT2D eigenvalue weighted by molar-refractivity contribution is 5.79. The Morgan fingerprint density at radius 2 is 2.56 bits per heavy atom. The molecule has 1 aliphatic heterocycles. The van der Waals surface area contributed by atoms with Gasteiger partial charge in [-0.25, -0.2) is 4.79 Å². The molecule has 0 spiro atoms. The summed E-state index contributed by atoms with van der Waals surface area (Å²) in [5.74, 6) is 0. The van der Waals surface area contributed by atoms with Gasteiger partial charge in [-0.15, -0.1) is 0 Å². The van der Waals surface area contributed by atoms with Gasteiger partial charge in [-0.3, -0.25) is 0 Å². The van der Waals surface area contributed by atoms with Crippen molar-refractivity contribution in [3.8, 4) is 0 Å². The third-order valence-electron chi connectivity index (χ3n) is 2.43. The number of urea groups is 1. The van der Waals surface area contributed by atoms with Crippen molar-refractivity contribution in [2.45, 2.75) is 31.3 Å². The van der Waals surface area contributed by atoms with Crippen LogP contribution in [0.3, 0.4) is 0 Å². The molecule has 3 heteroatoms. The van der Waals surface area contributed by atoms with Crippen LogP contribution in [0.4, 0.5) is 4.79 Å². The van der Waals surface area contributed by atoms with Crippen molar-refractivity contribution in [2.24, 2.45) is 0 Å². The van der Waals surface area contributed by atoms with Crippen LogP contribution in [-0.2, 0) is 0 Å². The van der Waals surface area contributed by atoms with Crippen LogP contribution >= 0.6 is 0 Å². The zero-order valence-electron chi connectivity index (χ0n) is 5.40. The predicted molar refractivity (Wildman–Crippen MR) is 33.1 cm³/mol. The molecule has 2 unspecified atom stereocenters. The fourth-order valence-electron chi connectivity index (χ4n) is 1.56. The van der Waals surface area contributed by atoms with Gasteiger partial charge >= 0.3 is 6.03 Å². The summed E-state index contributed by atoms with van der Waals surface area (Å²) in [5, 5.41) is 5.72. The van der Waals surface area contributed by atoms with E-state index in [4.69, 9.17) is 0 Å². The molecule has 2 fully saturated rings. The molecule has 1 aliphatic carbocycles. The van der Waals surface area contributed by atoms with Gasteiger partial charge < -0.3 is 10.6 Å². The Kier molecular flexibility index (Phi) is 0.693. The summed E-state index contributed by atoms with van der Waals surface area (Å²) in [6.07, 6.45) is 2.26. The summed E-state index contributed by atoms with van der Waals surface area (Å²) in [5.41, 5.74) is 0.0943. The molecule has 0 aromatic carbocycles. The highest BCUT2D eigenvalue weighted by atomic mass is 16.2. The van der Waals surface area contributed by atoms with Crippen molar-refractivity contribution in [3.05, 3.63) is 0 Å². The molecule has 9 heavy (non-hydrogen) atoms. The van der Waals surface area contributed by atoms with Crippen LogP contribution in [0.1, 0.15) is 19.8 Å². The molecule has 0 aromatic rings. The minimum absolute atomic E-state index is 0.000000000000000222. The summed E-state index contributed by atoms with van der Waals surface area (Å²) in [4.78, 5) is 10.7. The summed E-state index contributed by atoms with van der Waals surface area (Å²) in [6.45, 7) is 2.08. The second kappa shape index (κ2) is 1.23. The molecule has 1 saturated carbocycles. The number of rotatable bonds is 0. The van der Waals surface area contributed by atoms with Crippen molar-refractivity contribution < 1.29 is 4.79 Å². The highest BCUT2D eigenvalue weighted by Crippen LogP contribution is 2.34. The van der Waals surface area contributed by atoms with E-state index in [2.05, 4.69) is 17.6 Å². The van der Waals surface area contributed by atoms with Crippen LogP contribution in [0, 0.1) is 0 Å². The van der Waals surface area contributed by atoms with Gasteiger partial charge in [-0.1, -0.05) is 0 Å². The lowest BCUT2D eigenvalue weighted by atomic mass is 9.75. The second-order valence-electron chi connectivity index (χ2n) is 3.11. The van der Waals surface area contributed by atoms with Gasteiger partial charge in [-0.05, 0) is 19.8 Å². The van der Waals surface area contributed by atoms with Crippen LogP contribution in [-0.4, -0.2) is 17.6 Å². The topological polar surface area (TPSA) is 41.1 Å². The lowest BCUT2D eigenvalue weighted by Gasteiger charge is -2.39. The Morgan fingerprint density at radius 1 is 1.78 bits per heavy atom. The molecule has 2 atom stereocenters. The molecule has 50 valence electrons. The van der Waals surface area contributed by atoms with E-state index in [1.807, 2.05) is 0 Å². The molecule has 1 saturated heterocycles. The third-order valence-corrected chi connectivity index (χ3v) is 2.43. The Morgan fingerprint density at radius 3 is 2.78 bits per heavy atom. The van der Waals surface area contributed by atoms with Gasteiger partial charge in [0.2, 0.25) is 0 Å². The van der Waals surface area contributed by atoms with Gasteiger partial charge in [0.05, 0.1) is 11.6 Å². The highest BCUT2D eigenvalue weighted by Gasteiger charge is 2.49. The molecule has 0 bridgehead atoms. The average molecular weight is 126 g/mol. The number of hydrogen-bond donors (Lipinski definition) is 2. The maximum absolute atomic E-state index is 10.7. The number of carbonyl (C=O) groups excluding carboxylic acids is 1. The zero-order valence-corrected chi connectivity index (χ0v) is 5.40. The molecule has 3 nitrogen and oxygen atoms in total. The first kappa shape index (κ1) is 5.09. The van der Waals surface area contributed by atoms with Crippen molar-refractivity contribution in [3.63, 3.8) is 0 Å². The van der Waals surface area contributed by atoms with Crippen molar-refractivity contribution in [2.75, 3.05) is 0 Å². The molecule has 2 amide bonds. The fourth-order valence-corrected chi connectivity index (χ4v) is 1.56. The standard InChI is InChI=1S/C6H10N2O/c1-6-3-2-4(6)7-5(9)8-6/h4H,2-3H2,1H3,(H2,7,8,9). The largest absolute Gasteiger partial charge is 0.333 e. The fraction of sp³-hybridized carbons (Fsp3) is 0.833.